The second-order valence-electron chi connectivity index (χ2n) is 5.62. The van der Waals surface area contributed by atoms with Gasteiger partial charge in [-0.3, -0.25) is 4.79 Å². The Morgan fingerprint density at radius 2 is 1.81 bits per heavy atom. The molecule has 0 bridgehead atoms. The van der Waals surface area contributed by atoms with Gasteiger partial charge in [0, 0.05) is 17.7 Å². The van der Waals surface area contributed by atoms with Gasteiger partial charge in [0.15, 0.2) is 17.8 Å². The first kappa shape index (κ1) is 18.3. The third-order valence-corrected chi connectivity index (χ3v) is 4.04. The number of oxazole rings is 1. The zero-order chi connectivity index (χ0) is 19.2. The highest BCUT2D eigenvalue weighted by molar-refractivity contribution is 5.97. The van der Waals surface area contributed by atoms with Gasteiger partial charge in [0.05, 0.1) is 21.3 Å². The van der Waals surface area contributed by atoms with Crippen molar-refractivity contribution in [2.75, 3.05) is 21.3 Å². The highest BCUT2D eigenvalue weighted by Gasteiger charge is 2.19. The first-order valence-electron chi connectivity index (χ1n) is 8.23. The quantitative estimate of drug-likeness (QED) is 0.689. The highest BCUT2D eigenvalue weighted by atomic mass is 16.5. The van der Waals surface area contributed by atoms with Crippen LogP contribution in [0.2, 0.25) is 0 Å². The largest absolute Gasteiger partial charge is 0.497 e. The molecule has 0 unspecified atom stereocenters. The molecule has 0 radical (unpaired) electrons. The molecule has 1 amide bonds. The van der Waals surface area contributed by atoms with Gasteiger partial charge in [0.25, 0.3) is 5.91 Å². The monoisotopic (exact) mass is 368 g/mol. The second-order valence-corrected chi connectivity index (χ2v) is 5.62. The van der Waals surface area contributed by atoms with E-state index in [4.69, 9.17) is 18.6 Å². The SMILES string of the molecule is COc1cccc(-c2ocnc2C(=O)NCc2cc(OC)ccc2OC)c1. The number of methoxy groups -OCH3 is 3. The molecular formula is C20H20N2O5. The average Bonchev–Trinajstić information content (AvgIpc) is 3.21. The van der Waals surface area contributed by atoms with Crippen LogP contribution < -0.4 is 19.5 Å². The molecule has 1 N–H and O–H groups in total. The van der Waals surface area contributed by atoms with E-state index in [1.165, 1.54) is 6.39 Å². The Morgan fingerprint density at radius 1 is 1.04 bits per heavy atom. The lowest BCUT2D eigenvalue weighted by atomic mass is 10.1. The fourth-order valence-electron chi connectivity index (χ4n) is 2.66. The summed E-state index contributed by atoms with van der Waals surface area (Å²) in [6, 6.07) is 12.6. The number of aromatic nitrogens is 1. The molecule has 7 heteroatoms. The summed E-state index contributed by atoms with van der Waals surface area (Å²) in [6.07, 6.45) is 1.25. The Morgan fingerprint density at radius 3 is 2.56 bits per heavy atom. The number of carbonyl (C=O) groups excluding carboxylic acids is 1. The predicted molar refractivity (Wildman–Crippen MR) is 99.2 cm³/mol. The summed E-state index contributed by atoms with van der Waals surface area (Å²) in [5.74, 6) is 2.02. The van der Waals surface area contributed by atoms with Crippen molar-refractivity contribution in [3.63, 3.8) is 0 Å². The number of hydrogen-bond acceptors (Lipinski definition) is 6. The van der Waals surface area contributed by atoms with Gasteiger partial charge in [-0.05, 0) is 30.3 Å². The second kappa shape index (κ2) is 8.27. The summed E-state index contributed by atoms with van der Waals surface area (Å²) in [5, 5.41) is 2.84. The zero-order valence-corrected chi connectivity index (χ0v) is 15.3. The van der Waals surface area contributed by atoms with Crippen molar-refractivity contribution in [2.45, 2.75) is 6.54 Å². The van der Waals surface area contributed by atoms with Crippen molar-refractivity contribution >= 4 is 5.91 Å². The van der Waals surface area contributed by atoms with Crippen LogP contribution in [0.4, 0.5) is 0 Å². The molecule has 0 aliphatic carbocycles. The van der Waals surface area contributed by atoms with Gasteiger partial charge in [-0.1, -0.05) is 12.1 Å². The maximum Gasteiger partial charge on any atom is 0.274 e. The van der Waals surface area contributed by atoms with Crippen LogP contribution in [-0.2, 0) is 6.54 Å². The summed E-state index contributed by atoms with van der Waals surface area (Å²) in [5.41, 5.74) is 1.69. The first-order valence-corrected chi connectivity index (χ1v) is 8.23. The lowest BCUT2D eigenvalue weighted by Crippen LogP contribution is -2.24. The van der Waals surface area contributed by atoms with Crippen molar-refractivity contribution in [1.82, 2.24) is 10.3 Å². The molecule has 0 atom stereocenters. The molecule has 3 aromatic rings. The topological polar surface area (TPSA) is 82.8 Å². The molecule has 0 aliphatic heterocycles. The number of amides is 1. The van der Waals surface area contributed by atoms with Gasteiger partial charge < -0.3 is 23.9 Å². The molecule has 1 aromatic heterocycles. The Labute approximate surface area is 156 Å². The summed E-state index contributed by atoms with van der Waals surface area (Å²) in [4.78, 5) is 16.7. The van der Waals surface area contributed by atoms with Gasteiger partial charge in [-0.15, -0.1) is 0 Å². The molecule has 0 fully saturated rings. The van der Waals surface area contributed by atoms with Crippen LogP contribution in [0.1, 0.15) is 16.1 Å². The van der Waals surface area contributed by atoms with E-state index in [-0.39, 0.29) is 18.1 Å². The number of rotatable bonds is 7. The van der Waals surface area contributed by atoms with Crippen LogP contribution >= 0.6 is 0 Å². The fourth-order valence-corrected chi connectivity index (χ4v) is 2.66. The minimum atomic E-state index is -0.355. The van der Waals surface area contributed by atoms with Crippen LogP contribution in [0, 0.1) is 0 Å². The molecule has 7 nitrogen and oxygen atoms in total. The van der Waals surface area contributed by atoms with Crippen molar-refractivity contribution in [1.29, 1.82) is 0 Å². The number of hydrogen-bond donors (Lipinski definition) is 1. The lowest BCUT2D eigenvalue weighted by Gasteiger charge is -2.11. The van der Waals surface area contributed by atoms with Gasteiger partial charge in [-0.25, -0.2) is 4.98 Å². The smallest absolute Gasteiger partial charge is 0.274 e. The van der Waals surface area contributed by atoms with Gasteiger partial charge >= 0.3 is 0 Å². The molecular weight excluding hydrogens is 348 g/mol. The lowest BCUT2D eigenvalue weighted by molar-refractivity contribution is 0.0946. The minimum Gasteiger partial charge on any atom is -0.497 e. The summed E-state index contributed by atoms with van der Waals surface area (Å²) in [7, 11) is 4.74. The molecule has 3 rings (SSSR count). The number of ether oxygens (including phenoxy) is 3. The Bertz CT molecular complexity index is 936. The maximum absolute atomic E-state index is 12.6. The van der Waals surface area contributed by atoms with E-state index in [1.807, 2.05) is 24.3 Å². The van der Waals surface area contributed by atoms with Gasteiger partial charge in [0.1, 0.15) is 17.2 Å². The molecule has 140 valence electrons. The van der Waals surface area contributed by atoms with E-state index in [0.29, 0.717) is 28.6 Å². The molecule has 2 aromatic carbocycles. The molecule has 0 saturated carbocycles. The normalized spacial score (nSPS) is 10.3. The summed E-state index contributed by atoms with van der Waals surface area (Å²) < 4.78 is 21.2. The van der Waals surface area contributed by atoms with Crippen LogP contribution in [0.25, 0.3) is 11.3 Å². The highest BCUT2D eigenvalue weighted by Crippen LogP contribution is 2.27. The van der Waals surface area contributed by atoms with Crippen molar-refractivity contribution in [3.05, 3.63) is 60.1 Å². The van der Waals surface area contributed by atoms with Gasteiger partial charge in [0.2, 0.25) is 0 Å². The maximum atomic E-state index is 12.6. The first-order chi connectivity index (χ1) is 13.2. The Hall–Kier alpha value is -3.48. The molecule has 0 spiro atoms. The van der Waals surface area contributed by atoms with Crippen LogP contribution in [-0.4, -0.2) is 32.2 Å². The summed E-state index contributed by atoms with van der Waals surface area (Å²) >= 11 is 0. The van der Waals surface area contributed by atoms with E-state index in [9.17, 15) is 4.79 Å². The predicted octanol–water partition coefficient (Wildman–Crippen LogP) is 3.30. The molecule has 0 saturated heterocycles. The van der Waals surface area contributed by atoms with Crippen LogP contribution in [0.15, 0.2) is 53.3 Å². The van der Waals surface area contributed by atoms with E-state index in [1.54, 1.807) is 39.5 Å². The third-order valence-electron chi connectivity index (χ3n) is 4.04. The van der Waals surface area contributed by atoms with Crippen LogP contribution in [0.5, 0.6) is 17.2 Å². The summed E-state index contributed by atoms with van der Waals surface area (Å²) in [6.45, 7) is 0.254. The van der Waals surface area contributed by atoms with E-state index in [0.717, 1.165) is 5.56 Å². The fraction of sp³-hybridized carbons (Fsp3) is 0.200. The average molecular weight is 368 g/mol. The molecule has 0 aliphatic rings. The zero-order valence-electron chi connectivity index (χ0n) is 15.3. The van der Waals surface area contributed by atoms with Crippen LogP contribution in [0.3, 0.4) is 0 Å². The number of nitrogens with zero attached hydrogens (tertiary/aromatic N) is 1. The minimum absolute atomic E-state index is 0.199. The molecule has 27 heavy (non-hydrogen) atoms. The van der Waals surface area contributed by atoms with E-state index >= 15 is 0 Å². The number of benzene rings is 2. The van der Waals surface area contributed by atoms with E-state index in [2.05, 4.69) is 10.3 Å². The van der Waals surface area contributed by atoms with Crippen molar-refractivity contribution in [3.8, 4) is 28.6 Å². The number of carbonyl (C=O) groups is 1. The third kappa shape index (κ3) is 4.03. The van der Waals surface area contributed by atoms with Crippen molar-refractivity contribution in [2.24, 2.45) is 0 Å². The Kier molecular flexibility index (Phi) is 5.61. The van der Waals surface area contributed by atoms with Gasteiger partial charge in [-0.2, -0.15) is 0 Å². The Balaban J connectivity index is 1.79. The standard InChI is InChI=1S/C20H20N2O5/c1-24-15-6-4-5-13(9-15)19-18(22-12-27-19)20(23)21-11-14-10-16(25-2)7-8-17(14)26-3/h4-10,12H,11H2,1-3H3,(H,21,23). The van der Waals surface area contributed by atoms with E-state index < -0.39 is 0 Å². The van der Waals surface area contributed by atoms with Crippen molar-refractivity contribution < 1.29 is 23.4 Å². The molecule has 1 heterocycles. The number of nitrogens with one attached hydrogen (secondary N) is 1.